The molecule has 1 N–H and O–H groups in total. The molecule has 8 heteroatoms. The van der Waals surface area contributed by atoms with Crippen LogP contribution in [0.1, 0.15) is 6.42 Å². The molecule has 2 amide bonds. The van der Waals surface area contributed by atoms with E-state index in [1.807, 2.05) is 0 Å². The Morgan fingerprint density at radius 1 is 1.17 bits per heavy atom. The molecule has 24 heavy (non-hydrogen) atoms. The van der Waals surface area contributed by atoms with E-state index in [9.17, 15) is 19.7 Å². The number of nitro groups is 1. The number of amides is 2. The van der Waals surface area contributed by atoms with Crippen LogP contribution < -0.4 is 10.2 Å². The van der Waals surface area contributed by atoms with Gasteiger partial charge in [-0.3, -0.25) is 19.7 Å². The van der Waals surface area contributed by atoms with Crippen molar-refractivity contribution in [3.8, 4) is 0 Å². The summed E-state index contributed by atoms with van der Waals surface area (Å²) in [5.74, 6) is -0.695. The highest BCUT2D eigenvalue weighted by molar-refractivity contribution is 9.10. The Morgan fingerprint density at radius 3 is 2.54 bits per heavy atom. The second-order valence-electron chi connectivity index (χ2n) is 5.25. The topological polar surface area (TPSA) is 92.5 Å². The molecular weight excluding hydrogens is 378 g/mol. The fraction of sp³-hybridized carbons (Fsp3) is 0.125. The summed E-state index contributed by atoms with van der Waals surface area (Å²) in [7, 11) is 0. The zero-order valence-electron chi connectivity index (χ0n) is 12.3. The Bertz CT molecular complexity index is 822. The van der Waals surface area contributed by atoms with Crippen molar-refractivity contribution >= 4 is 44.8 Å². The van der Waals surface area contributed by atoms with Gasteiger partial charge in [0, 0.05) is 22.3 Å². The van der Waals surface area contributed by atoms with E-state index < -0.39 is 11.0 Å². The lowest BCUT2D eigenvalue weighted by Gasteiger charge is -2.16. The highest BCUT2D eigenvalue weighted by atomic mass is 79.9. The molecule has 0 aromatic heterocycles. The van der Waals surface area contributed by atoms with E-state index in [1.54, 1.807) is 30.3 Å². The van der Waals surface area contributed by atoms with E-state index >= 15 is 0 Å². The van der Waals surface area contributed by atoms with Gasteiger partial charge < -0.3 is 5.32 Å². The van der Waals surface area contributed by atoms with Gasteiger partial charge in [0.2, 0.25) is 5.91 Å². The number of benzene rings is 2. The Labute approximate surface area is 145 Å². The van der Waals surface area contributed by atoms with Gasteiger partial charge in [0.05, 0.1) is 17.0 Å². The first-order valence-corrected chi connectivity index (χ1v) is 7.88. The van der Waals surface area contributed by atoms with Gasteiger partial charge in [-0.05, 0) is 30.3 Å². The van der Waals surface area contributed by atoms with Crippen LogP contribution in [-0.4, -0.2) is 22.8 Å². The van der Waals surface area contributed by atoms with Crippen molar-refractivity contribution in [1.29, 1.82) is 0 Å². The first-order valence-electron chi connectivity index (χ1n) is 7.09. The third kappa shape index (κ3) is 3.13. The van der Waals surface area contributed by atoms with Crippen LogP contribution in [0.25, 0.3) is 0 Å². The first-order chi connectivity index (χ1) is 11.5. The van der Waals surface area contributed by atoms with Gasteiger partial charge in [0.25, 0.3) is 11.6 Å². The van der Waals surface area contributed by atoms with E-state index in [0.717, 1.165) is 9.37 Å². The van der Waals surface area contributed by atoms with Gasteiger partial charge in [0.15, 0.2) is 0 Å². The van der Waals surface area contributed by atoms with E-state index in [-0.39, 0.29) is 23.9 Å². The molecule has 2 aromatic rings. The third-order valence-electron chi connectivity index (χ3n) is 3.63. The number of imide groups is 1. The number of nitrogens with zero attached hydrogens (tertiary/aromatic N) is 2. The summed E-state index contributed by atoms with van der Waals surface area (Å²) >= 11 is 3.30. The van der Waals surface area contributed by atoms with Crippen LogP contribution in [0.5, 0.6) is 0 Å². The fourth-order valence-corrected chi connectivity index (χ4v) is 2.78. The summed E-state index contributed by atoms with van der Waals surface area (Å²) < 4.78 is 0.844. The molecule has 1 heterocycles. The number of nitrogens with one attached hydrogen (secondary N) is 1. The summed E-state index contributed by atoms with van der Waals surface area (Å²) in [5, 5.41) is 13.7. The van der Waals surface area contributed by atoms with Crippen LogP contribution in [0.3, 0.4) is 0 Å². The number of hydrogen-bond donors (Lipinski definition) is 1. The van der Waals surface area contributed by atoms with Gasteiger partial charge in [-0.25, -0.2) is 4.90 Å². The lowest BCUT2D eigenvalue weighted by molar-refractivity contribution is -0.384. The maximum absolute atomic E-state index is 12.5. The summed E-state index contributed by atoms with van der Waals surface area (Å²) in [6, 6.07) is 11.9. The van der Waals surface area contributed by atoms with Gasteiger partial charge >= 0.3 is 0 Å². The standard InChI is InChI=1S/C16H12BrN3O4/c17-10-4-6-12(7-5-10)19-15(21)9-14(16(19)22)18-11-2-1-3-13(8-11)20(23)24/h1-8,14,18H,9H2/t14-/m0/s1. The van der Waals surface area contributed by atoms with Crippen LogP contribution in [0.2, 0.25) is 0 Å². The number of halogens is 1. The zero-order chi connectivity index (χ0) is 17.3. The fourth-order valence-electron chi connectivity index (χ4n) is 2.52. The summed E-state index contributed by atoms with van der Waals surface area (Å²) in [6.45, 7) is 0. The quantitative estimate of drug-likeness (QED) is 0.492. The number of hydrogen-bond acceptors (Lipinski definition) is 5. The van der Waals surface area contributed by atoms with Crippen molar-refractivity contribution in [1.82, 2.24) is 0 Å². The molecule has 7 nitrogen and oxygen atoms in total. The second kappa shape index (κ2) is 6.40. The van der Waals surface area contributed by atoms with Crippen LogP contribution in [0, 0.1) is 10.1 Å². The van der Waals surface area contributed by atoms with Crippen molar-refractivity contribution in [2.75, 3.05) is 10.2 Å². The largest absolute Gasteiger partial charge is 0.373 e. The van der Waals surface area contributed by atoms with Crippen molar-refractivity contribution in [3.63, 3.8) is 0 Å². The molecular formula is C16H12BrN3O4. The van der Waals surface area contributed by atoms with Crippen molar-refractivity contribution < 1.29 is 14.5 Å². The van der Waals surface area contributed by atoms with Crippen molar-refractivity contribution in [2.24, 2.45) is 0 Å². The smallest absolute Gasteiger partial charge is 0.271 e. The number of carbonyl (C=O) groups is 2. The molecule has 0 saturated carbocycles. The second-order valence-corrected chi connectivity index (χ2v) is 6.17. The van der Waals surface area contributed by atoms with E-state index in [1.165, 1.54) is 18.2 Å². The number of non-ortho nitro benzene ring substituents is 1. The summed E-state index contributed by atoms with van der Waals surface area (Å²) in [6.07, 6.45) is -0.00239. The Balaban J connectivity index is 1.80. The minimum atomic E-state index is -0.747. The maximum Gasteiger partial charge on any atom is 0.271 e. The Kier molecular flexibility index (Phi) is 4.30. The molecule has 0 unspecified atom stereocenters. The first kappa shape index (κ1) is 16.1. The lowest BCUT2D eigenvalue weighted by Crippen LogP contribution is -2.34. The van der Waals surface area contributed by atoms with Crippen molar-refractivity contribution in [3.05, 3.63) is 63.1 Å². The predicted octanol–water partition coefficient (Wildman–Crippen LogP) is 3.10. The van der Waals surface area contributed by atoms with E-state index in [2.05, 4.69) is 21.2 Å². The third-order valence-corrected chi connectivity index (χ3v) is 4.16. The molecule has 1 aliphatic rings. The minimum absolute atomic E-state index is 0.00239. The van der Waals surface area contributed by atoms with E-state index in [0.29, 0.717) is 11.4 Å². The summed E-state index contributed by atoms with van der Waals surface area (Å²) in [4.78, 5) is 36.1. The number of anilines is 2. The zero-order valence-corrected chi connectivity index (χ0v) is 13.9. The molecule has 0 spiro atoms. The molecule has 0 aliphatic carbocycles. The number of rotatable bonds is 4. The molecule has 2 aromatic carbocycles. The maximum atomic E-state index is 12.5. The van der Waals surface area contributed by atoms with Gasteiger partial charge in [-0.15, -0.1) is 0 Å². The molecule has 3 rings (SSSR count). The molecule has 122 valence electrons. The lowest BCUT2D eigenvalue weighted by atomic mass is 10.2. The average Bonchev–Trinajstić information content (AvgIpc) is 2.83. The molecule has 0 radical (unpaired) electrons. The molecule has 1 atom stereocenters. The summed E-state index contributed by atoms with van der Waals surface area (Å²) in [5.41, 5.74) is 0.839. The monoisotopic (exact) mass is 389 g/mol. The van der Waals surface area contributed by atoms with E-state index in [4.69, 9.17) is 0 Å². The van der Waals surface area contributed by atoms with Gasteiger partial charge in [0.1, 0.15) is 6.04 Å². The molecule has 1 fully saturated rings. The van der Waals surface area contributed by atoms with Crippen molar-refractivity contribution in [2.45, 2.75) is 12.5 Å². The van der Waals surface area contributed by atoms with Gasteiger partial charge in [-0.1, -0.05) is 22.0 Å². The Hall–Kier alpha value is -2.74. The van der Waals surface area contributed by atoms with Crippen LogP contribution in [0.4, 0.5) is 17.1 Å². The molecule has 0 bridgehead atoms. The van der Waals surface area contributed by atoms with Crippen LogP contribution in [-0.2, 0) is 9.59 Å². The predicted molar refractivity (Wildman–Crippen MR) is 91.8 cm³/mol. The highest BCUT2D eigenvalue weighted by Crippen LogP contribution is 2.27. The molecule has 1 aliphatic heterocycles. The van der Waals surface area contributed by atoms with Crippen LogP contribution in [0.15, 0.2) is 53.0 Å². The normalized spacial score (nSPS) is 17.2. The van der Waals surface area contributed by atoms with Gasteiger partial charge in [-0.2, -0.15) is 0 Å². The minimum Gasteiger partial charge on any atom is -0.373 e. The highest BCUT2D eigenvalue weighted by Gasteiger charge is 2.39. The average molecular weight is 390 g/mol. The number of carbonyl (C=O) groups excluding carboxylic acids is 2. The molecule has 1 saturated heterocycles. The SMILES string of the molecule is O=C1C[C@H](Nc2cccc([N+](=O)[O-])c2)C(=O)N1c1ccc(Br)cc1. The number of nitro benzene ring substituents is 1. The Morgan fingerprint density at radius 2 is 1.88 bits per heavy atom. The van der Waals surface area contributed by atoms with Crippen LogP contribution >= 0.6 is 15.9 Å².